The highest BCUT2D eigenvalue weighted by molar-refractivity contribution is 6.35. The first-order valence-electron chi connectivity index (χ1n) is 8.43. The molecule has 0 aliphatic heterocycles. The van der Waals surface area contributed by atoms with Crippen LogP contribution in [0.2, 0.25) is 0 Å². The van der Waals surface area contributed by atoms with Crippen LogP contribution < -0.4 is 5.90 Å². The first-order valence-corrected chi connectivity index (χ1v) is 8.43. The minimum Gasteiger partial charge on any atom is -0.302 e. The Morgan fingerprint density at radius 3 is 1.63 bits per heavy atom. The molecule has 156 valence electrons. The van der Waals surface area contributed by atoms with Gasteiger partial charge >= 0.3 is 12.4 Å². The van der Waals surface area contributed by atoms with Gasteiger partial charge in [-0.05, 0) is 58.7 Å². The molecule has 0 radical (unpaired) electrons. The van der Waals surface area contributed by atoms with Crippen LogP contribution in [0.15, 0.2) is 78.0 Å². The van der Waals surface area contributed by atoms with Crippen molar-refractivity contribution in [3.8, 4) is 0 Å². The van der Waals surface area contributed by atoms with E-state index in [0.29, 0.717) is 27.8 Å². The van der Waals surface area contributed by atoms with Crippen LogP contribution in [0.3, 0.4) is 0 Å². The van der Waals surface area contributed by atoms with Gasteiger partial charge in [-0.2, -0.15) is 26.3 Å². The minimum absolute atomic E-state index is 0.188. The smallest absolute Gasteiger partial charge is 0.302 e. The lowest BCUT2D eigenvalue weighted by molar-refractivity contribution is -0.138. The van der Waals surface area contributed by atoms with Crippen LogP contribution in [0.4, 0.5) is 26.3 Å². The van der Waals surface area contributed by atoms with Crippen molar-refractivity contribution in [1.82, 2.24) is 0 Å². The largest absolute Gasteiger partial charge is 0.416 e. The van der Waals surface area contributed by atoms with E-state index in [0.717, 1.165) is 24.3 Å². The van der Waals surface area contributed by atoms with E-state index in [4.69, 9.17) is 5.90 Å². The van der Waals surface area contributed by atoms with Crippen LogP contribution in [0.25, 0.3) is 11.1 Å². The Hall–Kier alpha value is -3.33. The molecular weight excluding hydrogens is 410 g/mol. The van der Waals surface area contributed by atoms with Crippen molar-refractivity contribution in [1.29, 1.82) is 0 Å². The average Bonchev–Trinajstić information content (AvgIpc) is 2.68. The highest BCUT2D eigenvalue weighted by atomic mass is 19.4. The molecule has 0 fully saturated rings. The van der Waals surface area contributed by atoms with Gasteiger partial charge in [-0.3, -0.25) is 0 Å². The number of nitrogens with two attached hydrogens (primary N) is 1. The Morgan fingerprint density at radius 2 is 1.20 bits per heavy atom. The van der Waals surface area contributed by atoms with Gasteiger partial charge in [0.05, 0.1) is 11.1 Å². The van der Waals surface area contributed by atoms with E-state index in [2.05, 4.69) is 16.7 Å². The molecule has 0 aromatic heterocycles. The number of alkyl halides is 6. The topological polar surface area (TPSA) is 47.6 Å². The molecule has 2 N–H and O–H groups in total. The van der Waals surface area contributed by atoms with Crippen LogP contribution in [0.5, 0.6) is 0 Å². The maximum atomic E-state index is 12.8. The predicted octanol–water partition coefficient (Wildman–Crippen LogP) is 6.01. The molecule has 0 amide bonds. The van der Waals surface area contributed by atoms with E-state index < -0.39 is 23.5 Å². The van der Waals surface area contributed by atoms with E-state index >= 15 is 0 Å². The second-order valence-electron chi connectivity index (χ2n) is 6.38. The number of oxime groups is 1. The van der Waals surface area contributed by atoms with Gasteiger partial charge in [0.2, 0.25) is 0 Å². The number of nitrogens with zero attached hydrogens (tertiary/aromatic N) is 1. The number of hydrogen-bond acceptors (Lipinski definition) is 3. The molecule has 0 bridgehead atoms. The normalized spacial score (nSPS) is 16.4. The van der Waals surface area contributed by atoms with Gasteiger partial charge < -0.3 is 4.94 Å². The van der Waals surface area contributed by atoms with E-state index in [1.807, 2.05) is 0 Å². The van der Waals surface area contributed by atoms with Crippen molar-refractivity contribution >= 4 is 16.9 Å². The summed E-state index contributed by atoms with van der Waals surface area (Å²) in [6.07, 6.45) is -5.83. The predicted molar refractivity (Wildman–Crippen MR) is 101 cm³/mol. The molecule has 0 unspecified atom stereocenters. The lowest BCUT2D eigenvalue weighted by atomic mass is 9.86. The highest BCUT2D eigenvalue weighted by Crippen LogP contribution is 2.35. The highest BCUT2D eigenvalue weighted by Gasteiger charge is 2.31. The molecule has 3 nitrogen and oxygen atoms in total. The van der Waals surface area contributed by atoms with Crippen LogP contribution in [-0.4, -0.2) is 5.71 Å². The first-order chi connectivity index (χ1) is 14.0. The Morgan fingerprint density at radius 1 is 0.733 bits per heavy atom. The summed E-state index contributed by atoms with van der Waals surface area (Å²) < 4.78 is 76.9. The van der Waals surface area contributed by atoms with Crippen molar-refractivity contribution < 1.29 is 31.3 Å². The fourth-order valence-electron chi connectivity index (χ4n) is 2.93. The summed E-state index contributed by atoms with van der Waals surface area (Å²) in [6.45, 7) is 3.84. The fourth-order valence-corrected chi connectivity index (χ4v) is 2.93. The number of halogens is 6. The molecule has 0 spiro atoms. The third kappa shape index (κ3) is 4.46. The monoisotopic (exact) mass is 424 g/mol. The quantitative estimate of drug-likeness (QED) is 0.485. The van der Waals surface area contributed by atoms with Crippen molar-refractivity contribution in [2.24, 2.45) is 11.1 Å². The molecule has 2 aromatic rings. The van der Waals surface area contributed by atoms with Gasteiger partial charge in [0, 0.05) is 5.57 Å². The second kappa shape index (κ2) is 7.83. The first kappa shape index (κ1) is 21.4. The van der Waals surface area contributed by atoms with Crippen LogP contribution >= 0.6 is 0 Å². The zero-order valence-corrected chi connectivity index (χ0v) is 15.2. The van der Waals surface area contributed by atoms with E-state index in [9.17, 15) is 26.3 Å². The molecule has 9 heteroatoms. The molecule has 1 aliphatic carbocycles. The summed E-state index contributed by atoms with van der Waals surface area (Å²) in [5, 5.41) is 3.68. The zero-order chi connectivity index (χ0) is 22.1. The summed E-state index contributed by atoms with van der Waals surface area (Å²) in [7, 11) is 0. The molecule has 30 heavy (non-hydrogen) atoms. The Bertz CT molecular complexity index is 1040. The van der Waals surface area contributed by atoms with Gasteiger partial charge in [-0.1, -0.05) is 36.0 Å². The minimum atomic E-state index is -4.49. The lowest BCUT2D eigenvalue weighted by Crippen LogP contribution is -2.12. The molecule has 3 rings (SSSR count). The molecule has 0 heterocycles. The van der Waals surface area contributed by atoms with Crippen LogP contribution in [0, 0.1) is 0 Å². The third-order valence-corrected chi connectivity index (χ3v) is 4.40. The molecular formula is C21H14F6N2O. The van der Waals surface area contributed by atoms with Gasteiger partial charge in [-0.15, -0.1) is 5.90 Å². The standard InChI is InChI=1S/C21H14F6N2O/c1-12-10-15(13-2-6-16(7-3-13)20(22,23)24)11-18(19(12)29-30-28)14-4-8-17(9-5-14)21(25,26)27/h2-11H,1,28H2/b29-19+. The molecule has 0 saturated carbocycles. The zero-order valence-electron chi connectivity index (χ0n) is 15.2. The summed E-state index contributed by atoms with van der Waals surface area (Å²) in [6, 6.07) is 8.81. The Labute approximate surface area is 167 Å². The lowest BCUT2D eigenvalue weighted by Gasteiger charge is -2.19. The van der Waals surface area contributed by atoms with Crippen molar-refractivity contribution in [3.63, 3.8) is 0 Å². The van der Waals surface area contributed by atoms with E-state index in [1.165, 1.54) is 24.3 Å². The van der Waals surface area contributed by atoms with Crippen molar-refractivity contribution in [2.75, 3.05) is 0 Å². The van der Waals surface area contributed by atoms with Crippen LogP contribution in [-0.2, 0) is 17.3 Å². The van der Waals surface area contributed by atoms with Crippen LogP contribution in [0.1, 0.15) is 22.3 Å². The van der Waals surface area contributed by atoms with Gasteiger partial charge in [0.1, 0.15) is 5.71 Å². The molecule has 2 aromatic carbocycles. The van der Waals surface area contributed by atoms with Crippen molar-refractivity contribution in [3.05, 3.63) is 95.1 Å². The Kier molecular flexibility index (Phi) is 5.58. The summed E-state index contributed by atoms with van der Waals surface area (Å²) in [5.74, 6) is 5.01. The summed E-state index contributed by atoms with van der Waals surface area (Å²) in [5.41, 5.74) is 0.580. The number of rotatable bonds is 3. The SMILES string of the molecule is C=C1C=C(c2ccc(C(F)(F)F)cc2)C=C(c2ccc(C(F)(F)F)cc2)/C1=N/ON. The van der Waals surface area contributed by atoms with Crippen molar-refractivity contribution in [2.45, 2.75) is 12.4 Å². The Balaban J connectivity index is 2.05. The second-order valence-corrected chi connectivity index (χ2v) is 6.38. The molecule has 0 saturated heterocycles. The number of benzene rings is 2. The fraction of sp³-hybridized carbons (Fsp3) is 0.0952. The number of hydrogen-bond donors (Lipinski definition) is 1. The maximum Gasteiger partial charge on any atom is 0.416 e. The van der Waals surface area contributed by atoms with E-state index in [-0.39, 0.29) is 5.71 Å². The summed E-state index contributed by atoms with van der Waals surface area (Å²) in [4.78, 5) is 4.33. The van der Waals surface area contributed by atoms with Gasteiger partial charge in [-0.25, -0.2) is 0 Å². The molecule has 1 aliphatic rings. The average molecular weight is 424 g/mol. The third-order valence-electron chi connectivity index (χ3n) is 4.40. The molecule has 0 atom stereocenters. The number of allylic oxidation sites excluding steroid dienone is 5. The van der Waals surface area contributed by atoms with E-state index in [1.54, 1.807) is 12.2 Å². The summed E-state index contributed by atoms with van der Waals surface area (Å²) >= 11 is 0. The van der Waals surface area contributed by atoms with Gasteiger partial charge in [0.15, 0.2) is 0 Å². The maximum absolute atomic E-state index is 12.8. The van der Waals surface area contributed by atoms with Gasteiger partial charge in [0.25, 0.3) is 0 Å².